The molecule has 0 aliphatic heterocycles. The van der Waals surface area contributed by atoms with Crippen LogP contribution in [-0.4, -0.2) is 10.7 Å². The second-order valence-electron chi connectivity index (χ2n) is 3.35. The molecule has 12 heavy (non-hydrogen) atoms. The van der Waals surface area contributed by atoms with E-state index in [4.69, 9.17) is 0 Å². The molecule has 0 spiro atoms. The van der Waals surface area contributed by atoms with Gasteiger partial charge in [0.05, 0.1) is 5.60 Å². The van der Waals surface area contributed by atoms with Crippen LogP contribution in [0.4, 0.5) is 0 Å². The highest BCUT2D eigenvalue weighted by molar-refractivity contribution is 4.84. The van der Waals surface area contributed by atoms with Crippen LogP contribution in [0.1, 0.15) is 52.9 Å². The molecule has 0 aromatic rings. The van der Waals surface area contributed by atoms with Crippen LogP contribution in [0.5, 0.6) is 0 Å². The molecule has 0 aromatic heterocycles. The summed E-state index contributed by atoms with van der Waals surface area (Å²) in [7, 11) is 0. The summed E-state index contributed by atoms with van der Waals surface area (Å²) < 4.78 is 0. The number of allylic oxidation sites excluding steroid dienone is 2. The van der Waals surface area contributed by atoms with Crippen molar-refractivity contribution in [3.05, 3.63) is 12.2 Å². The quantitative estimate of drug-likeness (QED) is 0.606. The highest BCUT2D eigenvalue weighted by atomic mass is 16.3. The Kier molecular flexibility index (Phi) is 6.09. The molecule has 1 heteroatoms. The molecule has 72 valence electrons. The fourth-order valence-corrected chi connectivity index (χ4v) is 1.24. The van der Waals surface area contributed by atoms with Crippen LogP contribution >= 0.6 is 0 Å². The van der Waals surface area contributed by atoms with E-state index in [2.05, 4.69) is 19.1 Å². The Bertz CT molecular complexity index is 123. The zero-order chi connectivity index (χ0) is 9.45. The average molecular weight is 170 g/mol. The maximum Gasteiger partial charge on any atom is 0.0645 e. The van der Waals surface area contributed by atoms with Crippen molar-refractivity contribution in [2.24, 2.45) is 0 Å². The van der Waals surface area contributed by atoms with Crippen molar-refractivity contribution in [2.45, 2.75) is 58.5 Å². The van der Waals surface area contributed by atoms with Gasteiger partial charge in [-0.25, -0.2) is 0 Å². The van der Waals surface area contributed by atoms with Crippen LogP contribution in [0.2, 0.25) is 0 Å². The molecule has 0 aliphatic carbocycles. The maximum atomic E-state index is 9.89. The van der Waals surface area contributed by atoms with Gasteiger partial charge in [-0.2, -0.15) is 0 Å². The van der Waals surface area contributed by atoms with Crippen LogP contribution in [-0.2, 0) is 0 Å². The van der Waals surface area contributed by atoms with Crippen molar-refractivity contribution in [1.82, 2.24) is 0 Å². The SMILES string of the molecule is CC/C=C/CCC(O)(CC)CC. The van der Waals surface area contributed by atoms with Crippen LogP contribution in [0.15, 0.2) is 12.2 Å². The molecule has 0 saturated carbocycles. The first-order chi connectivity index (χ1) is 5.68. The number of rotatable bonds is 6. The molecular formula is C11H22O. The Balaban J connectivity index is 3.65. The standard InChI is InChI=1S/C11H22O/c1-4-7-8-9-10-11(12,5-2)6-3/h7-8,12H,4-6,9-10H2,1-3H3/b8-7+. The van der Waals surface area contributed by atoms with Crippen LogP contribution in [0, 0.1) is 0 Å². The van der Waals surface area contributed by atoms with E-state index in [1.54, 1.807) is 0 Å². The maximum absolute atomic E-state index is 9.89. The van der Waals surface area contributed by atoms with Crippen molar-refractivity contribution in [3.63, 3.8) is 0 Å². The Morgan fingerprint density at radius 2 is 1.67 bits per heavy atom. The van der Waals surface area contributed by atoms with Gasteiger partial charge in [0.1, 0.15) is 0 Å². The van der Waals surface area contributed by atoms with E-state index in [1.807, 2.05) is 13.8 Å². The molecule has 1 nitrogen and oxygen atoms in total. The summed E-state index contributed by atoms with van der Waals surface area (Å²) in [5.41, 5.74) is -0.419. The van der Waals surface area contributed by atoms with Crippen molar-refractivity contribution in [2.75, 3.05) is 0 Å². The van der Waals surface area contributed by atoms with E-state index in [-0.39, 0.29) is 0 Å². The fourth-order valence-electron chi connectivity index (χ4n) is 1.24. The summed E-state index contributed by atoms with van der Waals surface area (Å²) in [5, 5.41) is 9.89. The summed E-state index contributed by atoms with van der Waals surface area (Å²) in [6.07, 6.45) is 9.05. The van der Waals surface area contributed by atoms with Gasteiger partial charge in [0.2, 0.25) is 0 Å². The topological polar surface area (TPSA) is 20.2 Å². The molecule has 0 aliphatic rings. The largest absolute Gasteiger partial charge is 0.390 e. The van der Waals surface area contributed by atoms with E-state index in [0.717, 1.165) is 32.1 Å². The van der Waals surface area contributed by atoms with Gasteiger partial charge in [0, 0.05) is 0 Å². The van der Waals surface area contributed by atoms with Gasteiger partial charge >= 0.3 is 0 Å². The number of hydrogen-bond acceptors (Lipinski definition) is 1. The van der Waals surface area contributed by atoms with Crippen molar-refractivity contribution < 1.29 is 5.11 Å². The highest BCUT2D eigenvalue weighted by Gasteiger charge is 2.20. The Morgan fingerprint density at radius 1 is 1.08 bits per heavy atom. The molecule has 0 saturated heterocycles. The molecule has 0 aromatic carbocycles. The molecule has 1 N–H and O–H groups in total. The molecule has 0 atom stereocenters. The zero-order valence-electron chi connectivity index (χ0n) is 8.64. The van der Waals surface area contributed by atoms with Gasteiger partial charge in [-0.15, -0.1) is 0 Å². The predicted octanol–water partition coefficient (Wildman–Crippen LogP) is 3.28. The predicted molar refractivity (Wildman–Crippen MR) is 54.2 cm³/mol. The summed E-state index contributed by atoms with van der Waals surface area (Å²) in [4.78, 5) is 0. The van der Waals surface area contributed by atoms with Crippen LogP contribution in [0.3, 0.4) is 0 Å². The van der Waals surface area contributed by atoms with E-state index < -0.39 is 5.60 Å². The van der Waals surface area contributed by atoms with Crippen LogP contribution < -0.4 is 0 Å². The van der Waals surface area contributed by atoms with Crippen molar-refractivity contribution in [1.29, 1.82) is 0 Å². The van der Waals surface area contributed by atoms with Crippen LogP contribution in [0.25, 0.3) is 0 Å². The lowest BCUT2D eigenvalue weighted by molar-refractivity contribution is 0.0246. The molecule has 0 radical (unpaired) electrons. The van der Waals surface area contributed by atoms with Gasteiger partial charge in [-0.3, -0.25) is 0 Å². The smallest absolute Gasteiger partial charge is 0.0645 e. The molecule has 0 rings (SSSR count). The van der Waals surface area contributed by atoms with E-state index in [0.29, 0.717) is 0 Å². The monoisotopic (exact) mass is 170 g/mol. The molecule has 0 fully saturated rings. The third kappa shape index (κ3) is 4.55. The minimum atomic E-state index is -0.419. The van der Waals surface area contributed by atoms with Crippen molar-refractivity contribution in [3.8, 4) is 0 Å². The summed E-state index contributed by atoms with van der Waals surface area (Å²) in [6, 6.07) is 0. The zero-order valence-corrected chi connectivity index (χ0v) is 8.64. The highest BCUT2D eigenvalue weighted by Crippen LogP contribution is 2.21. The molecule has 0 bridgehead atoms. The Labute approximate surface area is 76.5 Å². The second-order valence-corrected chi connectivity index (χ2v) is 3.35. The lowest BCUT2D eigenvalue weighted by Gasteiger charge is -2.24. The molecule has 0 amide bonds. The lowest BCUT2D eigenvalue weighted by Crippen LogP contribution is -2.25. The summed E-state index contributed by atoms with van der Waals surface area (Å²) in [6.45, 7) is 6.22. The van der Waals surface area contributed by atoms with E-state index in [1.165, 1.54) is 0 Å². The van der Waals surface area contributed by atoms with Gasteiger partial charge in [0.15, 0.2) is 0 Å². The molecule has 0 heterocycles. The van der Waals surface area contributed by atoms with E-state index in [9.17, 15) is 5.11 Å². The van der Waals surface area contributed by atoms with Gasteiger partial charge in [-0.05, 0) is 32.1 Å². The normalized spacial score (nSPS) is 12.7. The van der Waals surface area contributed by atoms with Gasteiger partial charge < -0.3 is 5.11 Å². The first-order valence-electron chi connectivity index (χ1n) is 5.06. The number of hydrogen-bond donors (Lipinski definition) is 1. The first-order valence-corrected chi connectivity index (χ1v) is 5.06. The summed E-state index contributed by atoms with van der Waals surface area (Å²) in [5.74, 6) is 0. The van der Waals surface area contributed by atoms with Gasteiger partial charge in [-0.1, -0.05) is 32.9 Å². The van der Waals surface area contributed by atoms with Gasteiger partial charge in [0.25, 0.3) is 0 Å². The minimum Gasteiger partial charge on any atom is -0.390 e. The molecular weight excluding hydrogens is 148 g/mol. The fraction of sp³-hybridized carbons (Fsp3) is 0.818. The Morgan fingerprint density at radius 3 is 2.08 bits per heavy atom. The second kappa shape index (κ2) is 6.24. The Hall–Kier alpha value is -0.300. The third-order valence-electron chi connectivity index (χ3n) is 2.49. The first kappa shape index (κ1) is 11.7. The summed E-state index contributed by atoms with van der Waals surface area (Å²) >= 11 is 0. The number of aliphatic hydroxyl groups is 1. The third-order valence-corrected chi connectivity index (χ3v) is 2.49. The molecule has 0 unspecified atom stereocenters. The van der Waals surface area contributed by atoms with Crippen molar-refractivity contribution >= 4 is 0 Å². The lowest BCUT2D eigenvalue weighted by atomic mass is 9.92. The average Bonchev–Trinajstić information content (AvgIpc) is 2.12. The van der Waals surface area contributed by atoms with E-state index >= 15 is 0 Å². The minimum absolute atomic E-state index is 0.419.